The van der Waals surface area contributed by atoms with Crippen LogP contribution in [0.3, 0.4) is 0 Å². The van der Waals surface area contributed by atoms with E-state index in [0.29, 0.717) is 31.5 Å². The molecule has 4 saturated heterocycles. The van der Waals surface area contributed by atoms with Crippen LogP contribution in [0.2, 0.25) is 0 Å². The lowest BCUT2D eigenvalue weighted by Crippen LogP contribution is -2.57. The van der Waals surface area contributed by atoms with Crippen molar-refractivity contribution >= 4 is 6.09 Å². The van der Waals surface area contributed by atoms with E-state index in [4.69, 9.17) is 14.3 Å². The smallest absolute Gasteiger partial charge is 0.410 e. The average Bonchev–Trinajstić information content (AvgIpc) is 3.24. The molecule has 0 aromatic carbocycles. The van der Waals surface area contributed by atoms with E-state index in [2.05, 4.69) is 21.2 Å². The van der Waals surface area contributed by atoms with Gasteiger partial charge in [0.1, 0.15) is 18.5 Å². The molecule has 0 radical (unpaired) electrons. The molecule has 0 spiro atoms. The minimum atomic E-state index is -0.813. The van der Waals surface area contributed by atoms with Gasteiger partial charge < -0.3 is 14.4 Å². The Kier molecular flexibility index (Phi) is 5.56. The first-order chi connectivity index (χ1) is 15.2. The van der Waals surface area contributed by atoms with Crippen LogP contribution in [0.15, 0.2) is 0 Å². The first-order valence-electron chi connectivity index (χ1n) is 12.0. The number of likely N-dealkylation sites (tertiary alicyclic amines) is 1. The molecule has 9 nitrogen and oxygen atoms in total. The van der Waals surface area contributed by atoms with E-state index < -0.39 is 6.17 Å². The second-order valence-electron chi connectivity index (χ2n) is 10.1. The van der Waals surface area contributed by atoms with E-state index in [1.807, 2.05) is 4.90 Å². The number of nitrogens with one attached hydrogen (secondary N) is 3. The Morgan fingerprint density at radius 3 is 2.58 bits per heavy atom. The number of hydroxylamine groups is 1. The fourth-order valence-electron chi connectivity index (χ4n) is 5.90. The second-order valence-corrected chi connectivity index (χ2v) is 10.1. The number of alkyl halides is 1. The Morgan fingerprint density at radius 1 is 1.06 bits per heavy atom. The Labute approximate surface area is 182 Å². The Balaban J connectivity index is 1.01. The number of fused-ring (bicyclic) bond motifs is 1. The van der Waals surface area contributed by atoms with Crippen LogP contribution in [0.25, 0.3) is 0 Å². The van der Waals surface area contributed by atoms with E-state index in [9.17, 15) is 4.79 Å². The SMILES string of the molecule is O=C(OC1CC1)N1CCC(C2NOC(C3CC(F)C4CNN(C5COC5)C4C3)N2)CC1. The standard InChI is InChI=1S/C21H34FN5O4/c22-17-7-13(8-18-16(17)9-23-27(18)14-10-29-11-14)20-24-19(25-31-20)12-3-5-26(6-4-12)21(28)30-15-1-2-15/h12-20,23-25H,1-11H2. The summed E-state index contributed by atoms with van der Waals surface area (Å²) in [5.74, 6) is 0.566. The van der Waals surface area contributed by atoms with Gasteiger partial charge in [-0.2, -0.15) is 5.48 Å². The summed E-state index contributed by atoms with van der Waals surface area (Å²) in [6, 6.07) is 0.564. The van der Waals surface area contributed by atoms with Crippen molar-refractivity contribution in [1.29, 1.82) is 0 Å². The molecule has 6 unspecified atom stereocenters. The maximum Gasteiger partial charge on any atom is 0.410 e. The minimum absolute atomic E-state index is 0.0419. The summed E-state index contributed by atoms with van der Waals surface area (Å²) in [4.78, 5) is 19.9. The van der Waals surface area contributed by atoms with Crippen LogP contribution >= 0.6 is 0 Å². The number of carbonyl (C=O) groups excluding carboxylic acids is 1. The number of hydrazine groups is 1. The molecule has 0 aromatic heterocycles. The maximum atomic E-state index is 15.0. The van der Waals surface area contributed by atoms with Gasteiger partial charge in [-0.1, -0.05) is 0 Å². The van der Waals surface area contributed by atoms with Crippen molar-refractivity contribution in [3.63, 3.8) is 0 Å². The lowest BCUT2D eigenvalue weighted by Gasteiger charge is -2.43. The molecule has 4 heterocycles. The lowest BCUT2D eigenvalue weighted by atomic mass is 9.76. The third-order valence-corrected chi connectivity index (χ3v) is 8.07. The third kappa shape index (κ3) is 4.06. The van der Waals surface area contributed by atoms with Gasteiger partial charge in [-0.25, -0.2) is 14.2 Å². The van der Waals surface area contributed by atoms with E-state index in [-0.39, 0.29) is 42.5 Å². The molecule has 6 fully saturated rings. The van der Waals surface area contributed by atoms with Gasteiger partial charge in [-0.05, 0) is 44.4 Å². The molecule has 6 atom stereocenters. The van der Waals surface area contributed by atoms with Gasteiger partial charge in [0.2, 0.25) is 0 Å². The van der Waals surface area contributed by atoms with Gasteiger partial charge in [-0.3, -0.25) is 15.6 Å². The quantitative estimate of drug-likeness (QED) is 0.591. The topological polar surface area (TPSA) is 87.3 Å². The summed E-state index contributed by atoms with van der Waals surface area (Å²) in [7, 11) is 0. The first-order valence-corrected chi connectivity index (χ1v) is 12.0. The summed E-state index contributed by atoms with van der Waals surface area (Å²) in [6.45, 7) is 3.60. The van der Waals surface area contributed by atoms with Crippen LogP contribution in [0.1, 0.15) is 38.5 Å². The van der Waals surface area contributed by atoms with Gasteiger partial charge in [-0.15, -0.1) is 0 Å². The number of hydrogen-bond acceptors (Lipinski definition) is 8. The van der Waals surface area contributed by atoms with Gasteiger partial charge in [0.15, 0.2) is 0 Å². The number of amides is 1. The zero-order chi connectivity index (χ0) is 20.9. The van der Waals surface area contributed by atoms with Crippen molar-refractivity contribution in [2.45, 2.75) is 75.3 Å². The normalized spacial score (nSPS) is 42.4. The molecule has 2 aliphatic carbocycles. The summed E-state index contributed by atoms with van der Waals surface area (Å²) >= 11 is 0. The first kappa shape index (κ1) is 20.6. The van der Waals surface area contributed by atoms with Gasteiger partial charge in [0, 0.05) is 37.5 Å². The average molecular weight is 440 g/mol. The van der Waals surface area contributed by atoms with E-state index in [1.54, 1.807) is 0 Å². The number of rotatable bonds is 4. The highest BCUT2D eigenvalue weighted by Gasteiger charge is 2.51. The predicted octanol–water partition coefficient (Wildman–Crippen LogP) is 0.726. The maximum absolute atomic E-state index is 15.0. The van der Waals surface area contributed by atoms with Crippen molar-refractivity contribution in [3.8, 4) is 0 Å². The van der Waals surface area contributed by atoms with Crippen molar-refractivity contribution in [3.05, 3.63) is 0 Å². The van der Waals surface area contributed by atoms with Crippen LogP contribution < -0.4 is 16.2 Å². The minimum Gasteiger partial charge on any atom is -0.446 e. The molecule has 1 amide bonds. The Bertz CT molecular complexity index is 672. The fraction of sp³-hybridized carbons (Fsp3) is 0.952. The highest BCUT2D eigenvalue weighted by molar-refractivity contribution is 5.68. The number of piperidine rings is 1. The van der Waals surface area contributed by atoms with Gasteiger partial charge >= 0.3 is 6.09 Å². The summed E-state index contributed by atoms with van der Waals surface area (Å²) in [5, 5.41) is 5.84. The summed E-state index contributed by atoms with van der Waals surface area (Å²) < 4.78 is 25.8. The largest absolute Gasteiger partial charge is 0.446 e. The van der Waals surface area contributed by atoms with Crippen LogP contribution in [0.5, 0.6) is 0 Å². The van der Waals surface area contributed by atoms with Crippen LogP contribution in [-0.2, 0) is 14.3 Å². The molecule has 10 heteroatoms. The molecular weight excluding hydrogens is 405 g/mol. The number of halogens is 1. The third-order valence-electron chi connectivity index (χ3n) is 8.07. The number of hydrogen-bond donors (Lipinski definition) is 3. The molecule has 2 saturated carbocycles. The van der Waals surface area contributed by atoms with Crippen molar-refractivity contribution < 1.29 is 23.5 Å². The molecule has 6 rings (SSSR count). The summed E-state index contributed by atoms with van der Waals surface area (Å²) in [5.41, 5.74) is 6.60. The predicted molar refractivity (Wildman–Crippen MR) is 108 cm³/mol. The monoisotopic (exact) mass is 439 g/mol. The molecule has 3 N–H and O–H groups in total. The zero-order valence-corrected chi connectivity index (χ0v) is 17.9. The highest BCUT2D eigenvalue weighted by atomic mass is 19.1. The number of ether oxygens (including phenoxy) is 2. The molecule has 0 aromatic rings. The fourth-order valence-corrected chi connectivity index (χ4v) is 5.90. The van der Waals surface area contributed by atoms with E-state index >= 15 is 4.39 Å². The number of nitrogens with zero attached hydrogens (tertiary/aromatic N) is 2. The van der Waals surface area contributed by atoms with Crippen LogP contribution in [0.4, 0.5) is 9.18 Å². The molecule has 174 valence electrons. The zero-order valence-electron chi connectivity index (χ0n) is 17.9. The van der Waals surface area contributed by atoms with Crippen molar-refractivity contribution in [2.24, 2.45) is 17.8 Å². The highest BCUT2D eigenvalue weighted by Crippen LogP contribution is 2.40. The molecular formula is C21H34FN5O4. The second kappa shape index (κ2) is 8.39. The van der Waals surface area contributed by atoms with E-state index in [0.717, 1.165) is 51.9 Å². The Morgan fingerprint density at radius 2 is 1.87 bits per heavy atom. The number of carbonyl (C=O) groups is 1. The summed E-state index contributed by atoms with van der Waals surface area (Å²) in [6.07, 6.45) is 4.30. The van der Waals surface area contributed by atoms with Crippen molar-refractivity contribution in [2.75, 3.05) is 32.8 Å². The Hall–Kier alpha value is -1.04. The van der Waals surface area contributed by atoms with E-state index in [1.165, 1.54) is 0 Å². The van der Waals surface area contributed by atoms with Gasteiger partial charge in [0.25, 0.3) is 0 Å². The molecule has 0 bridgehead atoms. The molecule has 6 aliphatic rings. The molecule has 31 heavy (non-hydrogen) atoms. The molecule has 4 aliphatic heterocycles. The van der Waals surface area contributed by atoms with Crippen molar-refractivity contribution in [1.82, 2.24) is 26.1 Å². The van der Waals surface area contributed by atoms with Crippen LogP contribution in [0, 0.1) is 17.8 Å². The van der Waals surface area contributed by atoms with Gasteiger partial charge in [0.05, 0.1) is 25.4 Å². The van der Waals surface area contributed by atoms with Crippen LogP contribution in [-0.4, -0.2) is 85.6 Å². The lowest BCUT2D eigenvalue weighted by molar-refractivity contribution is -0.106.